The van der Waals surface area contributed by atoms with Crippen molar-refractivity contribution < 1.29 is 24.2 Å². The minimum atomic E-state index is 0.177. The zero-order chi connectivity index (χ0) is 24.1. The number of benzene rings is 2. The summed E-state index contributed by atoms with van der Waals surface area (Å²) < 4.78 is 1.80. The Morgan fingerprint density at radius 1 is 0.818 bits per heavy atom. The molecule has 1 heteroatoms. The molecule has 0 nitrogen and oxygen atoms in total. The molecule has 3 aliphatic rings. The van der Waals surface area contributed by atoms with Gasteiger partial charge >= 0.3 is 59.5 Å². The summed E-state index contributed by atoms with van der Waals surface area (Å²) in [6, 6.07) is 15.1. The van der Waals surface area contributed by atoms with E-state index in [9.17, 15) is 0 Å². The molecule has 5 rings (SSSR count). The van der Waals surface area contributed by atoms with Crippen LogP contribution in [0.1, 0.15) is 102 Å². The molecule has 0 N–H and O–H groups in total. The van der Waals surface area contributed by atoms with Crippen LogP contribution in [0.2, 0.25) is 0 Å². The molecule has 2 aromatic rings. The molecule has 1 fully saturated rings. The fourth-order valence-electron chi connectivity index (χ4n) is 4.30. The molecular weight excluding hydrogens is 476 g/mol. The van der Waals surface area contributed by atoms with Gasteiger partial charge in [-0.2, -0.15) is 35.4 Å². The zero-order valence-electron chi connectivity index (χ0n) is 21.6. The first-order valence-electron chi connectivity index (χ1n) is 12.5. The molecule has 1 saturated carbocycles. The molecule has 0 aromatic heterocycles. The normalized spacial score (nSPS) is 16.4. The van der Waals surface area contributed by atoms with Crippen LogP contribution in [0.4, 0.5) is 0 Å². The summed E-state index contributed by atoms with van der Waals surface area (Å²) in [5.74, 6) is 0. The quantitative estimate of drug-likeness (QED) is 0.263. The number of hydrogen-bond acceptors (Lipinski definition) is 0. The van der Waals surface area contributed by atoms with E-state index in [-0.39, 0.29) is 10.8 Å². The van der Waals surface area contributed by atoms with Crippen molar-refractivity contribution in [2.45, 2.75) is 97.3 Å². The van der Waals surface area contributed by atoms with E-state index in [1.807, 2.05) is 12.2 Å². The van der Waals surface area contributed by atoms with E-state index in [1.165, 1.54) is 65.5 Å². The van der Waals surface area contributed by atoms with E-state index in [4.69, 9.17) is 0 Å². The molecule has 2 aromatic carbocycles. The van der Waals surface area contributed by atoms with E-state index in [1.54, 1.807) is 27.4 Å². The number of fused-ring (bicyclic) bond motifs is 3. The number of allylic oxidation sites excluding steroid dienone is 4. The summed E-state index contributed by atoms with van der Waals surface area (Å²) in [7, 11) is 0. The van der Waals surface area contributed by atoms with Crippen molar-refractivity contribution in [1.82, 2.24) is 0 Å². The van der Waals surface area contributed by atoms with Gasteiger partial charge in [0.15, 0.2) is 0 Å². The van der Waals surface area contributed by atoms with Crippen LogP contribution in [-0.4, -0.2) is 3.21 Å². The Morgan fingerprint density at radius 2 is 1.48 bits per heavy atom. The van der Waals surface area contributed by atoms with Gasteiger partial charge in [0.25, 0.3) is 0 Å². The average molecular weight is 516 g/mol. The van der Waals surface area contributed by atoms with Gasteiger partial charge in [-0.15, -0.1) is 12.0 Å². The molecule has 0 saturated heterocycles. The first-order valence-corrected chi connectivity index (χ1v) is 13.8. The van der Waals surface area contributed by atoms with E-state index >= 15 is 0 Å². The Balaban J connectivity index is 0.000000207. The van der Waals surface area contributed by atoms with Crippen molar-refractivity contribution in [1.29, 1.82) is 0 Å². The Hall–Kier alpha value is -1.33. The summed E-state index contributed by atoms with van der Waals surface area (Å²) in [4.78, 5) is 0. The Labute approximate surface area is 217 Å². The third-order valence-corrected chi connectivity index (χ3v) is 7.80. The van der Waals surface area contributed by atoms with Gasteiger partial charge in [0.2, 0.25) is 0 Å². The van der Waals surface area contributed by atoms with Crippen molar-refractivity contribution in [3.63, 3.8) is 0 Å². The maximum atomic E-state index is 3.53. The molecule has 0 unspecified atom stereocenters. The van der Waals surface area contributed by atoms with Crippen molar-refractivity contribution in [3.05, 3.63) is 83.0 Å². The molecule has 33 heavy (non-hydrogen) atoms. The van der Waals surface area contributed by atoms with Gasteiger partial charge < -0.3 is 0 Å². The summed E-state index contributed by atoms with van der Waals surface area (Å²) in [5, 5.41) is 0. The van der Waals surface area contributed by atoms with Gasteiger partial charge in [-0.05, 0) is 17.4 Å². The van der Waals surface area contributed by atoms with E-state index in [2.05, 4.69) is 90.1 Å². The van der Waals surface area contributed by atoms with E-state index in [0.717, 1.165) is 12.8 Å². The third kappa shape index (κ3) is 7.58. The monoisotopic (exact) mass is 514 g/mol. The van der Waals surface area contributed by atoms with Crippen LogP contribution in [0.5, 0.6) is 0 Å². The van der Waals surface area contributed by atoms with Crippen LogP contribution >= 0.6 is 0 Å². The summed E-state index contributed by atoms with van der Waals surface area (Å²) in [5.41, 5.74) is 8.76. The van der Waals surface area contributed by atoms with Crippen LogP contribution in [0.15, 0.2) is 48.6 Å². The van der Waals surface area contributed by atoms with Crippen LogP contribution in [0.25, 0.3) is 11.1 Å². The minimum absolute atomic E-state index is 0.177. The maximum absolute atomic E-state index is 3.53. The SMILES string of the molecule is CC(C)(C)c1c[c-]c2c(c1)-c1cc(C(C)(C)C)ccc1C2.[C-]1=CC=CC1.[Zr+2]=[C]1CCCCC1. The zero-order valence-corrected chi connectivity index (χ0v) is 24.0. The van der Waals surface area contributed by atoms with Gasteiger partial charge in [0.05, 0.1) is 0 Å². The van der Waals surface area contributed by atoms with Crippen molar-refractivity contribution >= 4 is 3.21 Å². The van der Waals surface area contributed by atoms with Crippen molar-refractivity contribution in [2.75, 3.05) is 0 Å². The third-order valence-electron chi connectivity index (χ3n) is 6.57. The Bertz CT molecular complexity index is 942. The molecule has 0 heterocycles. The fourth-order valence-corrected chi connectivity index (χ4v) is 5.17. The molecule has 172 valence electrons. The molecule has 0 atom stereocenters. The first kappa shape index (κ1) is 26.3. The predicted octanol–water partition coefficient (Wildman–Crippen LogP) is 8.63. The second-order valence-corrected chi connectivity index (χ2v) is 13.2. The molecule has 0 spiro atoms. The topological polar surface area (TPSA) is 0 Å². The van der Waals surface area contributed by atoms with Gasteiger partial charge in [-0.1, -0.05) is 76.3 Å². The van der Waals surface area contributed by atoms with Crippen molar-refractivity contribution in [3.8, 4) is 11.1 Å². The molecule has 0 bridgehead atoms. The second-order valence-electron chi connectivity index (χ2n) is 11.5. The van der Waals surface area contributed by atoms with Crippen LogP contribution in [-0.2, 0) is 41.5 Å². The van der Waals surface area contributed by atoms with Crippen LogP contribution < -0.4 is 0 Å². The van der Waals surface area contributed by atoms with Gasteiger partial charge in [-0.3, -0.25) is 6.08 Å². The fraction of sp³-hybridized carbons (Fsp3) is 0.469. The van der Waals surface area contributed by atoms with Gasteiger partial charge in [0, 0.05) is 0 Å². The number of rotatable bonds is 0. The molecule has 0 aliphatic heterocycles. The molecule has 0 radical (unpaired) electrons. The Kier molecular flexibility index (Phi) is 9.08. The summed E-state index contributed by atoms with van der Waals surface area (Å²) in [6.45, 7) is 13.6. The molecule has 3 aliphatic carbocycles. The molecular formula is C32H40Zr. The summed E-state index contributed by atoms with van der Waals surface area (Å²) in [6.07, 6.45) is 18.3. The average Bonchev–Trinajstić information content (AvgIpc) is 3.44. The van der Waals surface area contributed by atoms with Crippen molar-refractivity contribution in [2.24, 2.45) is 0 Å². The Morgan fingerprint density at radius 3 is 1.97 bits per heavy atom. The van der Waals surface area contributed by atoms with Gasteiger partial charge in [-0.25, -0.2) is 12.2 Å². The van der Waals surface area contributed by atoms with E-state index in [0.29, 0.717) is 0 Å². The van der Waals surface area contributed by atoms with Crippen LogP contribution in [0, 0.1) is 12.1 Å². The second kappa shape index (κ2) is 11.4. The summed E-state index contributed by atoms with van der Waals surface area (Å²) >= 11 is 1.69. The standard InChI is InChI=1S/C21H25.C6H10.C5H5.Zr/c1-20(2,3)16-9-7-14-11-15-8-10-17(21(4,5)6)13-19(15)18(14)12-16;1-2-4-6-5-3-1;1-2-4-5-3-1;/h7,9-10,12-13H,11H2,1-6H3;1-5H2;1-3H,4H2;/q-1;;-1;+2. The van der Waals surface area contributed by atoms with E-state index < -0.39 is 0 Å². The number of hydrogen-bond donors (Lipinski definition) is 0. The first-order chi connectivity index (χ1) is 15.6. The predicted molar refractivity (Wildman–Crippen MR) is 141 cm³/mol. The molecule has 0 amide bonds. The van der Waals surface area contributed by atoms with Gasteiger partial charge in [0.1, 0.15) is 0 Å². The van der Waals surface area contributed by atoms with Crippen LogP contribution in [0.3, 0.4) is 0 Å².